The van der Waals surface area contributed by atoms with Crippen molar-refractivity contribution in [3.8, 4) is 0 Å². The lowest BCUT2D eigenvalue weighted by Gasteiger charge is -2.06. The number of nitro benzene ring substituents is 2. The zero-order valence-corrected chi connectivity index (χ0v) is 10.7. The van der Waals surface area contributed by atoms with Crippen molar-refractivity contribution < 1.29 is 9.85 Å². The highest BCUT2D eigenvalue weighted by atomic mass is 35.5. The SMILES string of the molecule is O=[N+]([O-])c1cc(Nc2ccc(Cl)cc2)cc([N+](=O)[O-])c1. The summed E-state index contributed by atoms with van der Waals surface area (Å²) in [5.74, 6) is 0. The van der Waals surface area contributed by atoms with Gasteiger partial charge >= 0.3 is 0 Å². The molecule has 0 aromatic heterocycles. The molecule has 2 rings (SSSR count). The summed E-state index contributed by atoms with van der Waals surface area (Å²) in [7, 11) is 0. The summed E-state index contributed by atoms with van der Waals surface area (Å²) >= 11 is 5.74. The van der Waals surface area contributed by atoms with Crippen LogP contribution in [0.3, 0.4) is 0 Å². The number of anilines is 2. The number of rotatable bonds is 4. The van der Waals surface area contributed by atoms with E-state index in [0.29, 0.717) is 10.7 Å². The van der Waals surface area contributed by atoms with Crippen LogP contribution in [0, 0.1) is 20.2 Å². The van der Waals surface area contributed by atoms with Gasteiger partial charge in [-0.05, 0) is 24.3 Å². The molecule has 0 saturated carbocycles. The summed E-state index contributed by atoms with van der Waals surface area (Å²) in [5, 5.41) is 24.9. The number of nitro groups is 2. The van der Waals surface area contributed by atoms with E-state index in [0.717, 1.165) is 6.07 Å². The molecule has 7 nitrogen and oxygen atoms in total. The number of non-ortho nitro benzene ring substituents is 2. The Morgan fingerprint density at radius 2 is 1.35 bits per heavy atom. The molecule has 0 fully saturated rings. The van der Waals surface area contributed by atoms with Crippen molar-refractivity contribution in [2.24, 2.45) is 0 Å². The van der Waals surface area contributed by atoms with Gasteiger partial charge in [-0.1, -0.05) is 11.6 Å². The average molecular weight is 294 g/mol. The number of nitrogens with one attached hydrogen (secondary N) is 1. The standard InChI is InChI=1S/C12H8ClN3O4/c13-8-1-3-9(4-2-8)14-10-5-11(15(17)18)7-12(6-10)16(19)20/h1-7,14H. The van der Waals surface area contributed by atoms with E-state index in [1.165, 1.54) is 12.1 Å². The lowest BCUT2D eigenvalue weighted by atomic mass is 10.2. The van der Waals surface area contributed by atoms with E-state index in [9.17, 15) is 20.2 Å². The van der Waals surface area contributed by atoms with Crippen LogP contribution in [-0.4, -0.2) is 9.85 Å². The molecule has 0 unspecified atom stereocenters. The van der Waals surface area contributed by atoms with E-state index in [1.807, 2.05) is 0 Å². The second-order valence-corrected chi connectivity index (χ2v) is 4.32. The van der Waals surface area contributed by atoms with Gasteiger partial charge in [0.15, 0.2) is 0 Å². The van der Waals surface area contributed by atoms with Crippen LogP contribution < -0.4 is 5.32 Å². The quantitative estimate of drug-likeness (QED) is 0.681. The normalized spacial score (nSPS) is 10.1. The molecule has 20 heavy (non-hydrogen) atoms. The highest BCUT2D eigenvalue weighted by Gasteiger charge is 2.16. The topological polar surface area (TPSA) is 98.3 Å². The lowest BCUT2D eigenvalue weighted by Crippen LogP contribution is -1.96. The van der Waals surface area contributed by atoms with Crippen LogP contribution in [0.5, 0.6) is 0 Å². The van der Waals surface area contributed by atoms with Gasteiger partial charge in [-0.25, -0.2) is 0 Å². The minimum Gasteiger partial charge on any atom is -0.355 e. The number of nitrogens with zero attached hydrogens (tertiary/aromatic N) is 2. The van der Waals surface area contributed by atoms with E-state index in [4.69, 9.17) is 11.6 Å². The molecule has 0 aliphatic heterocycles. The van der Waals surface area contributed by atoms with Crippen LogP contribution in [0.1, 0.15) is 0 Å². The van der Waals surface area contributed by atoms with E-state index in [1.54, 1.807) is 24.3 Å². The van der Waals surface area contributed by atoms with Crippen molar-refractivity contribution in [1.29, 1.82) is 0 Å². The van der Waals surface area contributed by atoms with Crippen molar-refractivity contribution in [3.63, 3.8) is 0 Å². The molecular formula is C12H8ClN3O4. The first kappa shape index (κ1) is 13.8. The summed E-state index contributed by atoms with van der Waals surface area (Å²) in [6, 6.07) is 9.95. The molecule has 0 aliphatic rings. The van der Waals surface area contributed by atoms with Crippen LogP contribution in [0.2, 0.25) is 5.02 Å². The molecule has 2 aromatic carbocycles. The first-order chi connectivity index (χ1) is 9.45. The van der Waals surface area contributed by atoms with Gasteiger partial charge in [0.1, 0.15) is 0 Å². The van der Waals surface area contributed by atoms with Crippen LogP contribution in [0.4, 0.5) is 22.7 Å². The largest absolute Gasteiger partial charge is 0.355 e. The second-order valence-electron chi connectivity index (χ2n) is 3.88. The molecule has 0 amide bonds. The van der Waals surface area contributed by atoms with Crippen LogP contribution in [0.15, 0.2) is 42.5 Å². The monoisotopic (exact) mass is 293 g/mol. The fourth-order valence-electron chi connectivity index (χ4n) is 1.58. The molecule has 0 spiro atoms. The summed E-state index contributed by atoms with van der Waals surface area (Å²) in [4.78, 5) is 20.2. The molecule has 0 bridgehead atoms. The van der Waals surface area contributed by atoms with Crippen LogP contribution in [0.25, 0.3) is 0 Å². The zero-order chi connectivity index (χ0) is 14.7. The Morgan fingerprint density at radius 1 is 0.850 bits per heavy atom. The molecular weight excluding hydrogens is 286 g/mol. The summed E-state index contributed by atoms with van der Waals surface area (Å²) < 4.78 is 0. The highest BCUT2D eigenvalue weighted by molar-refractivity contribution is 6.30. The van der Waals surface area contributed by atoms with Crippen molar-refractivity contribution in [1.82, 2.24) is 0 Å². The Hall–Kier alpha value is -2.67. The molecule has 0 atom stereocenters. The zero-order valence-electron chi connectivity index (χ0n) is 9.95. The maximum absolute atomic E-state index is 10.8. The van der Waals surface area contributed by atoms with Gasteiger partial charge in [0, 0.05) is 22.8 Å². The van der Waals surface area contributed by atoms with Gasteiger partial charge in [-0.2, -0.15) is 0 Å². The molecule has 8 heteroatoms. The molecule has 0 heterocycles. The van der Waals surface area contributed by atoms with E-state index < -0.39 is 9.85 Å². The van der Waals surface area contributed by atoms with Gasteiger partial charge < -0.3 is 5.32 Å². The highest BCUT2D eigenvalue weighted by Crippen LogP contribution is 2.28. The molecule has 1 N–H and O–H groups in total. The Morgan fingerprint density at radius 3 is 1.80 bits per heavy atom. The van der Waals surface area contributed by atoms with Crippen LogP contribution >= 0.6 is 11.6 Å². The maximum atomic E-state index is 10.8. The Balaban J connectivity index is 2.37. The molecule has 2 aromatic rings. The second kappa shape index (κ2) is 5.54. The minimum absolute atomic E-state index is 0.258. The molecule has 0 radical (unpaired) electrons. The van der Waals surface area contributed by atoms with Gasteiger partial charge in [-0.3, -0.25) is 20.2 Å². The van der Waals surface area contributed by atoms with Crippen LogP contribution in [-0.2, 0) is 0 Å². The third-order valence-electron chi connectivity index (χ3n) is 2.46. The predicted octanol–water partition coefficient (Wildman–Crippen LogP) is 3.90. The minimum atomic E-state index is -0.681. The van der Waals surface area contributed by atoms with Gasteiger partial charge in [0.2, 0.25) is 0 Å². The van der Waals surface area contributed by atoms with Gasteiger partial charge in [0.05, 0.1) is 21.6 Å². The van der Waals surface area contributed by atoms with Crippen molar-refractivity contribution >= 4 is 34.4 Å². The first-order valence-corrected chi connectivity index (χ1v) is 5.80. The fourth-order valence-corrected chi connectivity index (χ4v) is 1.70. The summed E-state index contributed by atoms with van der Waals surface area (Å²) in [6.45, 7) is 0. The van der Waals surface area contributed by atoms with Gasteiger partial charge in [-0.15, -0.1) is 0 Å². The maximum Gasteiger partial charge on any atom is 0.278 e. The van der Waals surface area contributed by atoms with E-state index in [2.05, 4.69) is 5.32 Å². The summed E-state index contributed by atoms with van der Waals surface area (Å²) in [6.07, 6.45) is 0. The Kier molecular flexibility index (Phi) is 3.81. The van der Waals surface area contributed by atoms with Crippen molar-refractivity contribution in [2.45, 2.75) is 0 Å². The Bertz CT molecular complexity index is 641. The van der Waals surface area contributed by atoms with E-state index in [-0.39, 0.29) is 17.1 Å². The fraction of sp³-hybridized carbons (Fsp3) is 0. The van der Waals surface area contributed by atoms with Crippen molar-refractivity contribution in [3.05, 3.63) is 67.7 Å². The third-order valence-corrected chi connectivity index (χ3v) is 2.71. The molecule has 0 aliphatic carbocycles. The third kappa shape index (κ3) is 3.21. The number of hydrogen-bond acceptors (Lipinski definition) is 5. The molecule has 102 valence electrons. The van der Waals surface area contributed by atoms with Crippen molar-refractivity contribution in [2.75, 3.05) is 5.32 Å². The lowest BCUT2D eigenvalue weighted by molar-refractivity contribution is -0.394. The summed E-state index contributed by atoms with van der Waals surface area (Å²) in [5.41, 5.74) is 0.170. The average Bonchev–Trinajstić information content (AvgIpc) is 2.41. The van der Waals surface area contributed by atoms with Gasteiger partial charge in [0.25, 0.3) is 11.4 Å². The predicted molar refractivity (Wildman–Crippen MR) is 74.5 cm³/mol. The molecule has 0 saturated heterocycles. The number of benzene rings is 2. The first-order valence-electron chi connectivity index (χ1n) is 5.42. The number of hydrogen-bond donors (Lipinski definition) is 1. The van der Waals surface area contributed by atoms with E-state index >= 15 is 0 Å². The Labute approximate surface area is 118 Å². The smallest absolute Gasteiger partial charge is 0.278 e. The number of halogens is 1.